The first-order valence-electron chi connectivity index (χ1n) is 10.1. The summed E-state index contributed by atoms with van der Waals surface area (Å²) in [7, 11) is 1.59. The van der Waals surface area contributed by atoms with Crippen LogP contribution in [-0.2, 0) is 4.79 Å². The first kappa shape index (κ1) is 22.5. The van der Waals surface area contributed by atoms with Crippen LogP contribution in [0.5, 0.6) is 11.5 Å². The van der Waals surface area contributed by atoms with E-state index in [9.17, 15) is 9.18 Å². The van der Waals surface area contributed by atoms with Gasteiger partial charge in [-0.2, -0.15) is 0 Å². The normalized spacial score (nSPS) is 10.9. The maximum absolute atomic E-state index is 13.1. The number of thiazole rings is 1. The molecule has 0 saturated heterocycles. The van der Waals surface area contributed by atoms with Gasteiger partial charge in [-0.25, -0.2) is 9.37 Å². The Bertz CT molecular complexity index is 1030. The van der Waals surface area contributed by atoms with Gasteiger partial charge in [-0.15, -0.1) is 11.3 Å². The lowest BCUT2D eigenvalue weighted by Crippen LogP contribution is -2.07. The van der Waals surface area contributed by atoms with Crippen molar-refractivity contribution < 1.29 is 18.7 Å². The summed E-state index contributed by atoms with van der Waals surface area (Å²) in [5.74, 6) is 0.725. The van der Waals surface area contributed by atoms with Crippen molar-refractivity contribution in [3.05, 3.63) is 65.3 Å². The van der Waals surface area contributed by atoms with E-state index in [2.05, 4.69) is 17.2 Å². The van der Waals surface area contributed by atoms with Crippen molar-refractivity contribution in [1.82, 2.24) is 4.98 Å². The largest absolute Gasteiger partial charge is 0.493 e. The highest BCUT2D eigenvalue weighted by Crippen LogP contribution is 2.29. The molecule has 1 heterocycles. The highest BCUT2D eigenvalue weighted by atomic mass is 32.1. The average molecular weight is 441 g/mol. The summed E-state index contributed by atoms with van der Waals surface area (Å²) in [6.07, 6.45) is 6.41. The molecule has 0 aliphatic heterocycles. The van der Waals surface area contributed by atoms with Gasteiger partial charge in [0.15, 0.2) is 16.6 Å². The molecule has 0 aliphatic rings. The Morgan fingerprint density at radius 2 is 1.97 bits per heavy atom. The topological polar surface area (TPSA) is 60.5 Å². The van der Waals surface area contributed by atoms with Crippen molar-refractivity contribution in [3.8, 4) is 22.8 Å². The van der Waals surface area contributed by atoms with Crippen LogP contribution in [0.2, 0.25) is 0 Å². The van der Waals surface area contributed by atoms with Gasteiger partial charge >= 0.3 is 0 Å². The minimum Gasteiger partial charge on any atom is -0.493 e. The molecular formula is C24H25FN2O3S. The van der Waals surface area contributed by atoms with Crippen molar-refractivity contribution in [3.63, 3.8) is 0 Å². The first-order chi connectivity index (χ1) is 15.1. The number of amides is 1. The summed E-state index contributed by atoms with van der Waals surface area (Å²) in [5, 5.41) is 5.04. The van der Waals surface area contributed by atoms with Gasteiger partial charge in [0.1, 0.15) is 5.82 Å². The van der Waals surface area contributed by atoms with E-state index in [4.69, 9.17) is 9.47 Å². The molecule has 1 aromatic heterocycles. The van der Waals surface area contributed by atoms with E-state index in [-0.39, 0.29) is 11.7 Å². The highest BCUT2D eigenvalue weighted by molar-refractivity contribution is 7.14. The molecule has 0 saturated carbocycles. The minimum absolute atomic E-state index is 0.293. The molecule has 31 heavy (non-hydrogen) atoms. The van der Waals surface area contributed by atoms with Crippen molar-refractivity contribution in [2.24, 2.45) is 0 Å². The van der Waals surface area contributed by atoms with Crippen LogP contribution < -0.4 is 14.8 Å². The number of ether oxygens (including phenoxy) is 2. The molecule has 1 amide bonds. The third-order valence-electron chi connectivity index (χ3n) is 4.49. The molecule has 0 radical (unpaired) electrons. The Kier molecular flexibility index (Phi) is 8.18. The van der Waals surface area contributed by atoms with Gasteiger partial charge in [-0.3, -0.25) is 10.1 Å². The molecule has 1 N–H and O–H groups in total. The Balaban J connectivity index is 1.59. The van der Waals surface area contributed by atoms with E-state index in [1.165, 1.54) is 29.5 Å². The van der Waals surface area contributed by atoms with Crippen LogP contribution in [0.1, 0.15) is 31.7 Å². The standard InChI is InChI=1S/C24H25FN2O3S/c1-3-4-5-14-30-21-12-6-17(15-22(21)29-2)7-13-23(28)27-24-26-20(16-31-24)18-8-10-19(25)11-9-18/h6-13,15-16H,3-5,14H2,1-2H3,(H,26,27,28)/b13-7+. The van der Waals surface area contributed by atoms with Crippen LogP contribution in [0.3, 0.4) is 0 Å². The number of nitrogens with one attached hydrogen (secondary N) is 1. The average Bonchev–Trinajstić information content (AvgIpc) is 3.24. The van der Waals surface area contributed by atoms with Gasteiger partial charge in [0.05, 0.1) is 19.4 Å². The predicted molar refractivity (Wildman–Crippen MR) is 123 cm³/mol. The van der Waals surface area contributed by atoms with Crippen LogP contribution in [0.4, 0.5) is 9.52 Å². The molecule has 162 valence electrons. The Hall–Kier alpha value is -3.19. The SMILES string of the molecule is CCCCCOc1ccc(/C=C/C(=O)Nc2nc(-c3ccc(F)cc3)cs2)cc1OC. The van der Waals surface area contributed by atoms with E-state index in [1.807, 2.05) is 23.6 Å². The molecule has 5 nitrogen and oxygen atoms in total. The molecule has 0 spiro atoms. The molecule has 0 atom stereocenters. The molecule has 0 unspecified atom stereocenters. The van der Waals surface area contributed by atoms with E-state index >= 15 is 0 Å². The first-order valence-corrected chi connectivity index (χ1v) is 11.0. The maximum Gasteiger partial charge on any atom is 0.250 e. The molecule has 0 aliphatic carbocycles. The number of carbonyl (C=O) groups excluding carboxylic acids is 1. The summed E-state index contributed by atoms with van der Waals surface area (Å²) in [6, 6.07) is 11.6. The van der Waals surface area contributed by atoms with Crippen molar-refractivity contribution in [2.75, 3.05) is 19.0 Å². The summed E-state index contributed by atoms with van der Waals surface area (Å²) in [4.78, 5) is 16.6. The summed E-state index contributed by atoms with van der Waals surface area (Å²) in [6.45, 7) is 2.80. The summed E-state index contributed by atoms with van der Waals surface area (Å²) in [5.41, 5.74) is 2.29. The molecule has 3 aromatic rings. The molecule has 0 bridgehead atoms. The summed E-state index contributed by atoms with van der Waals surface area (Å²) < 4.78 is 24.2. The summed E-state index contributed by atoms with van der Waals surface area (Å²) >= 11 is 1.31. The quantitative estimate of drug-likeness (QED) is 0.302. The lowest BCUT2D eigenvalue weighted by Gasteiger charge is -2.11. The van der Waals surface area contributed by atoms with Crippen LogP contribution in [0.25, 0.3) is 17.3 Å². The van der Waals surface area contributed by atoms with Crippen molar-refractivity contribution in [1.29, 1.82) is 0 Å². The zero-order valence-electron chi connectivity index (χ0n) is 17.6. The Morgan fingerprint density at radius 3 is 2.71 bits per heavy atom. The molecule has 3 rings (SSSR count). The van der Waals surface area contributed by atoms with Crippen LogP contribution in [0, 0.1) is 5.82 Å². The number of anilines is 1. The zero-order valence-corrected chi connectivity index (χ0v) is 18.4. The van der Waals surface area contributed by atoms with E-state index < -0.39 is 0 Å². The van der Waals surface area contributed by atoms with Gasteiger partial charge in [-0.1, -0.05) is 25.8 Å². The van der Waals surface area contributed by atoms with Crippen LogP contribution in [0.15, 0.2) is 53.9 Å². The number of hydrogen-bond donors (Lipinski definition) is 1. The monoisotopic (exact) mass is 440 g/mol. The number of carbonyl (C=O) groups is 1. The highest BCUT2D eigenvalue weighted by Gasteiger charge is 2.08. The number of methoxy groups -OCH3 is 1. The van der Waals surface area contributed by atoms with E-state index in [0.717, 1.165) is 30.4 Å². The van der Waals surface area contributed by atoms with Gasteiger partial charge in [-0.05, 0) is 54.5 Å². The second-order valence-electron chi connectivity index (χ2n) is 6.83. The van der Waals surface area contributed by atoms with Gasteiger partial charge < -0.3 is 9.47 Å². The third-order valence-corrected chi connectivity index (χ3v) is 5.25. The number of nitrogens with zero attached hydrogens (tertiary/aromatic N) is 1. The van der Waals surface area contributed by atoms with Gasteiger partial charge in [0.2, 0.25) is 5.91 Å². The van der Waals surface area contributed by atoms with Gasteiger partial charge in [0, 0.05) is 17.0 Å². The lowest BCUT2D eigenvalue weighted by molar-refractivity contribution is -0.111. The lowest BCUT2D eigenvalue weighted by atomic mass is 10.2. The van der Waals surface area contributed by atoms with Crippen LogP contribution >= 0.6 is 11.3 Å². The number of halogens is 1. The number of rotatable bonds is 10. The molecular weight excluding hydrogens is 415 g/mol. The number of aromatic nitrogens is 1. The number of unbranched alkanes of at least 4 members (excludes halogenated alkanes) is 2. The maximum atomic E-state index is 13.1. The van der Waals surface area contributed by atoms with Crippen molar-refractivity contribution >= 4 is 28.5 Å². The Labute approximate surface area is 185 Å². The molecule has 0 fully saturated rings. The minimum atomic E-state index is -0.301. The van der Waals surface area contributed by atoms with Crippen LogP contribution in [-0.4, -0.2) is 24.6 Å². The smallest absolute Gasteiger partial charge is 0.250 e. The second kappa shape index (κ2) is 11.3. The fourth-order valence-electron chi connectivity index (χ4n) is 2.84. The fraction of sp³-hybridized carbons (Fsp3) is 0.250. The number of benzene rings is 2. The predicted octanol–water partition coefficient (Wildman–Crippen LogP) is 6.18. The van der Waals surface area contributed by atoms with E-state index in [1.54, 1.807) is 25.3 Å². The molecule has 7 heteroatoms. The fourth-order valence-corrected chi connectivity index (χ4v) is 3.57. The van der Waals surface area contributed by atoms with E-state index in [0.29, 0.717) is 28.9 Å². The number of hydrogen-bond acceptors (Lipinski definition) is 5. The third kappa shape index (κ3) is 6.65. The Morgan fingerprint density at radius 1 is 1.16 bits per heavy atom. The van der Waals surface area contributed by atoms with Crippen molar-refractivity contribution in [2.45, 2.75) is 26.2 Å². The van der Waals surface area contributed by atoms with Gasteiger partial charge in [0.25, 0.3) is 0 Å². The molecule has 2 aromatic carbocycles. The zero-order chi connectivity index (χ0) is 22.1. The second-order valence-corrected chi connectivity index (χ2v) is 7.69.